The lowest BCUT2D eigenvalue weighted by atomic mass is 10.1. The fraction of sp³-hybridized carbons (Fsp3) is 0.167. The molecule has 1 heterocycles. The Morgan fingerprint density at radius 3 is 2.74 bits per heavy atom. The van der Waals surface area contributed by atoms with Crippen LogP contribution in [0.5, 0.6) is 11.5 Å². The molecule has 1 aliphatic rings. The minimum Gasteiger partial charge on any atom is -0.492 e. The van der Waals surface area contributed by atoms with Crippen LogP contribution < -0.4 is 9.47 Å². The van der Waals surface area contributed by atoms with Crippen molar-refractivity contribution in [2.45, 2.75) is 11.8 Å². The molecule has 2 aromatic carbocycles. The fourth-order valence-electron chi connectivity index (χ4n) is 2.42. The number of thioether (sulfide) groups is 1. The van der Waals surface area contributed by atoms with Crippen molar-refractivity contribution in [3.8, 4) is 11.5 Å². The zero-order valence-corrected chi connectivity index (χ0v) is 15.7. The lowest BCUT2D eigenvalue weighted by Crippen LogP contribution is -1.98. The molecule has 0 fully saturated rings. The smallest absolute Gasteiger partial charge is 0.200 e. The minimum absolute atomic E-state index is 0.0781. The molecule has 0 atom stereocenters. The van der Waals surface area contributed by atoms with E-state index in [1.165, 1.54) is 11.8 Å². The summed E-state index contributed by atoms with van der Waals surface area (Å²) in [6.07, 6.45) is 1.91. The van der Waals surface area contributed by atoms with Gasteiger partial charge in [0.05, 0.1) is 22.2 Å². The number of ether oxygens (including phenoxy) is 2. The van der Waals surface area contributed by atoms with Gasteiger partial charge in [-0.3, -0.25) is 4.79 Å². The number of benzene rings is 2. The Labute approximate surface area is 153 Å². The number of fused-ring (bicyclic) bond motifs is 1. The number of hydrogen-bond donors (Lipinski definition) is 0. The zero-order chi connectivity index (χ0) is 16.4. The second-order valence-electron chi connectivity index (χ2n) is 4.90. The second kappa shape index (κ2) is 6.97. The molecule has 3 rings (SSSR count). The average molecular weight is 438 g/mol. The summed E-state index contributed by atoms with van der Waals surface area (Å²) in [5.74, 6) is 1.50. The van der Waals surface area contributed by atoms with Crippen molar-refractivity contribution < 1.29 is 14.3 Å². The molecule has 0 radical (unpaired) electrons. The number of rotatable bonds is 4. The Bertz CT molecular complexity index is 799. The highest BCUT2D eigenvalue weighted by Crippen LogP contribution is 2.41. The number of allylic oxidation sites excluding steroid dienone is 1. The van der Waals surface area contributed by atoms with Crippen molar-refractivity contribution in [1.82, 2.24) is 0 Å². The van der Waals surface area contributed by atoms with Gasteiger partial charge in [-0.2, -0.15) is 0 Å². The third-order valence-electron chi connectivity index (χ3n) is 3.41. The number of ketones is 1. The fourth-order valence-corrected chi connectivity index (χ4v) is 4.32. The summed E-state index contributed by atoms with van der Waals surface area (Å²) in [6, 6.07) is 11.6. The molecule has 0 bridgehead atoms. The normalized spacial score (nSPS) is 14.9. The largest absolute Gasteiger partial charge is 0.492 e. The molecule has 0 amide bonds. The summed E-state index contributed by atoms with van der Waals surface area (Å²) >= 11 is 3.73. The van der Waals surface area contributed by atoms with Gasteiger partial charge in [0.15, 0.2) is 11.5 Å². The van der Waals surface area contributed by atoms with Crippen LogP contribution in [-0.4, -0.2) is 19.5 Å². The maximum atomic E-state index is 12.5. The molecule has 0 aliphatic carbocycles. The number of carbonyl (C=O) groups excluding carboxylic acids is 1. The molecule has 118 valence electrons. The summed E-state index contributed by atoms with van der Waals surface area (Å²) < 4.78 is 12.0. The van der Waals surface area contributed by atoms with E-state index in [1.807, 2.05) is 49.4 Å². The van der Waals surface area contributed by atoms with Gasteiger partial charge in [-0.15, -0.1) is 0 Å². The van der Waals surface area contributed by atoms with E-state index < -0.39 is 0 Å². The van der Waals surface area contributed by atoms with E-state index in [9.17, 15) is 4.79 Å². The van der Waals surface area contributed by atoms with Crippen molar-refractivity contribution >= 4 is 46.2 Å². The van der Waals surface area contributed by atoms with Gasteiger partial charge in [0.25, 0.3) is 0 Å². The van der Waals surface area contributed by atoms with E-state index in [0.717, 1.165) is 30.2 Å². The number of Topliss-reactive ketones (excluding diaryl/α,β-unsaturated/α-hetero) is 1. The molecule has 3 nitrogen and oxygen atoms in total. The van der Waals surface area contributed by atoms with Gasteiger partial charge in [0, 0.05) is 10.5 Å². The van der Waals surface area contributed by atoms with Crippen LogP contribution in [0.2, 0.25) is 0 Å². The topological polar surface area (TPSA) is 35.5 Å². The van der Waals surface area contributed by atoms with E-state index in [4.69, 9.17) is 9.47 Å². The van der Waals surface area contributed by atoms with Crippen LogP contribution in [0.15, 0.2) is 46.2 Å². The molecule has 1 aliphatic heterocycles. The van der Waals surface area contributed by atoms with Crippen LogP contribution in [-0.2, 0) is 0 Å². The number of hydrogen-bond acceptors (Lipinski definition) is 4. The molecule has 2 aromatic rings. The van der Waals surface area contributed by atoms with Gasteiger partial charge < -0.3 is 9.47 Å². The molecule has 23 heavy (non-hydrogen) atoms. The highest BCUT2D eigenvalue weighted by molar-refractivity contribution is 14.1. The van der Waals surface area contributed by atoms with Crippen molar-refractivity contribution in [3.63, 3.8) is 0 Å². The van der Waals surface area contributed by atoms with Crippen LogP contribution in [0, 0.1) is 3.57 Å². The Kier molecular flexibility index (Phi) is 4.96. The Morgan fingerprint density at radius 2 is 2.04 bits per heavy atom. The van der Waals surface area contributed by atoms with Gasteiger partial charge in [0.1, 0.15) is 0 Å². The first-order chi connectivity index (χ1) is 11.1. The minimum atomic E-state index is 0.0781. The van der Waals surface area contributed by atoms with Crippen molar-refractivity contribution in [2.75, 3.05) is 13.7 Å². The van der Waals surface area contributed by atoms with Gasteiger partial charge in [0.2, 0.25) is 5.78 Å². The van der Waals surface area contributed by atoms with Crippen molar-refractivity contribution in [2.24, 2.45) is 0 Å². The standard InChI is InChI=1S/C18H15IO3S/c1-3-22-14-9-11(8-13(19)18(14)21-2)10-16-17(20)12-6-4-5-7-15(12)23-16/h4-10H,3H2,1-2H3/b16-10+. The quantitative estimate of drug-likeness (QED) is 0.496. The second-order valence-corrected chi connectivity index (χ2v) is 7.15. The third-order valence-corrected chi connectivity index (χ3v) is 5.31. The van der Waals surface area contributed by atoms with E-state index in [0.29, 0.717) is 12.4 Å². The van der Waals surface area contributed by atoms with Crippen molar-refractivity contribution in [1.29, 1.82) is 0 Å². The SMILES string of the molecule is CCOc1cc(/C=C2/Sc3ccccc3C2=O)cc(I)c1OC. The number of carbonyl (C=O) groups is 1. The first-order valence-electron chi connectivity index (χ1n) is 7.17. The molecule has 0 spiro atoms. The van der Waals surface area contributed by atoms with Gasteiger partial charge in [-0.25, -0.2) is 0 Å². The van der Waals surface area contributed by atoms with Crippen LogP contribution in [0.1, 0.15) is 22.8 Å². The third kappa shape index (κ3) is 3.26. The first kappa shape index (κ1) is 16.4. The molecule has 0 saturated carbocycles. The molecule has 0 N–H and O–H groups in total. The van der Waals surface area contributed by atoms with Crippen LogP contribution in [0.3, 0.4) is 0 Å². The zero-order valence-electron chi connectivity index (χ0n) is 12.8. The molecule has 0 saturated heterocycles. The summed E-state index contributed by atoms with van der Waals surface area (Å²) in [7, 11) is 1.63. The summed E-state index contributed by atoms with van der Waals surface area (Å²) in [5.41, 5.74) is 1.71. The summed E-state index contributed by atoms with van der Waals surface area (Å²) in [5, 5.41) is 0. The molecular formula is C18H15IO3S. The van der Waals surface area contributed by atoms with Crippen LogP contribution in [0.25, 0.3) is 6.08 Å². The molecule has 5 heteroatoms. The highest BCUT2D eigenvalue weighted by Gasteiger charge is 2.25. The monoisotopic (exact) mass is 438 g/mol. The van der Waals surface area contributed by atoms with Gasteiger partial charge in [-0.05, 0) is 65.4 Å². The molecular weight excluding hydrogens is 423 g/mol. The Morgan fingerprint density at radius 1 is 1.26 bits per heavy atom. The first-order valence-corrected chi connectivity index (χ1v) is 9.07. The number of methoxy groups -OCH3 is 1. The Balaban J connectivity index is 1.99. The summed E-state index contributed by atoms with van der Waals surface area (Å²) in [6.45, 7) is 2.50. The number of halogens is 1. The van der Waals surface area contributed by atoms with E-state index in [2.05, 4.69) is 22.6 Å². The van der Waals surface area contributed by atoms with Gasteiger partial charge >= 0.3 is 0 Å². The van der Waals surface area contributed by atoms with E-state index in [1.54, 1.807) is 7.11 Å². The maximum absolute atomic E-state index is 12.5. The predicted molar refractivity (Wildman–Crippen MR) is 101 cm³/mol. The van der Waals surface area contributed by atoms with E-state index in [-0.39, 0.29) is 5.78 Å². The van der Waals surface area contributed by atoms with Crippen LogP contribution in [0.4, 0.5) is 0 Å². The maximum Gasteiger partial charge on any atom is 0.200 e. The summed E-state index contributed by atoms with van der Waals surface area (Å²) in [4.78, 5) is 14.2. The lowest BCUT2D eigenvalue weighted by molar-refractivity contribution is 0.104. The average Bonchev–Trinajstić information content (AvgIpc) is 2.84. The van der Waals surface area contributed by atoms with E-state index >= 15 is 0 Å². The van der Waals surface area contributed by atoms with Gasteiger partial charge in [-0.1, -0.05) is 23.9 Å². The molecule has 0 unspecified atom stereocenters. The Hall–Kier alpha value is -1.47. The van der Waals surface area contributed by atoms with Crippen molar-refractivity contribution in [3.05, 3.63) is 56.0 Å². The lowest BCUT2D eigenvalue weighted by Gasteiger charge is -2.12. The van der Waals surface area contributed by atoms with Crippen LogP contribution >= 0.6 is 34.4 Å². The predicted octanol–water partition coefficient (Wildman–Crippen LogP) is 5.03. The highest BCUT2D eigenvalue weighted by atomic mass is 127. The molecule has 0 aromatic heterocycles.